The van der Waals surface area contributed by atoms with Gasteiger partial charge in [-0.2, -0.15) is 0 Å². The fourth-order valence-electron chi connectivity index (χ4n) is 3.72. The second-order valence-corrected chi connectivity index (χ2v) is 7.25. The van der Waals surface area contributed by atoms with Gasteiger partial charge < -0.3 is 19.7 Å². The highest BCUT2D eigenvalue weighted by atomic mass is 16.7. The molecule has 1 saturated heterocycles. The van der Waals surface area contributed by atoms with Crippen LogP contribution in [0.5, 0.6) is 11.5 Å². The molecular weight excluding hydrogens is 354 g/mol. The first-order valence-electron chi connectivity index (χ1n) is 9.95. The van der Waals surface area contributed by atoms with Crippen LogP contribution in [0.4, 0.5) is 0 Å². The number of para-hydroxylation sites is 1. The van der Waals surface area contributed by atoms with Crippen LogP contribution < -0.4 is 14.8 Å². The Morgan fingerprint density at radius 2 is 1.71 bits per heavy atom. The van der Waals surface area contributed by atoms with Crippen LogP contribution >= 0.6 is 0 Å². The number of rotatable bonds is 7. The maximum absolute atomic E-state index is 12.4. The van der Waals surface area contributed by atoms with E-state index in [-0.39, 0.29) is 12.7 Å². The summed E-state index contributed by atoms with van der Waals surface area (Å²) >= 11 is 0. The SMILES string of the molecule is O=C(NCCCN1CCN(Cc2ccccc2)CC1)c1cccc2c1OCO2. The molecular formula is C22H27N3O3. The summed E-state index contributed by atoms with van der Waals surface area (Å²) in [6.07, 6.45) is 0.941. The zero-order valence-electron chi connectivity index (χ0n) is 16.1. The molecule has 2 aromatic rings. The van der Waals surface area contributed by atoms with Crippen molar-refractivity contribution in [3.63, 3.8) is 0 Å². The van der Waals surface area contributed by atoms with Gasteiger partial charge in [0.25, 0.3) is 5.91 Å². The fraction of sp³-hybridized carbons (Fsp3) is 0.409. The zero-order valence-corrected chi connectivity index (χ0v) is 16.1. The van der Waals surface area contributed by atoms with E-state index in [0.717, 1.165) is 45.7 Å². The molecule has 0 atom stereocenters. The number of hydrogen-bond acceptors (Lipinski definition) is 5. The van der Waals surface area contributed by atoms with Gasteiger partial charge in [0, 0.05) is 39.3 Å². The van der Waals surface area contributed by atoms with Gasteiger partial charge in [0.1, 0.15) is 0 Å². The number of amides is 1. The summed E-state index contributed by atoms with van der Waals surface area (Å²) < 4.78 is 10.7. The van der Waals surface area contributed by atoms with E-state index in [1.807, 2.05) is 12.1 Å². The topological polar surface area (TPSA) is 54.0 Å². The largest absolute Gasteiger partial charge is 0.454 e. The second-order valence-electron chi connectivity index (χ2n) is 7.25. The van der Waals surface area contributed by atoms with Crippen molar-refractivity contribution in [3.8, 4) is 11.5 Å². The van der Waals surface area contributed by atoms with Crippen LogP contribution in [0.3, 0.4) is 0 Å². The Balaban J connectivity index is 1.15. The summed E-state index contributed by atoms with van der Waals surface area (Å²) in [5.74, 6) is 1.09. The first kappa shape index (κ1) is 18.8. The molecule has 0 aromatic heterocycles. The lowest BCUT2D eigenvalue weighted by Crippen LogP contribution is -2.46. The third kappa shape index (κ3) is 4.64. The Bertz CT molecular complexity index is 789. The highest BCUT2D eigenvalue weighted by Crippen LogP contribution is 2.35. The highest BCUT2D eigenvalue weighted by molar-refractivity contribution is 5.97. The van der Waals surface area contributed by atoms with E-state index in [0.29, 0.717) is 23.6 Å². The number of carbonyl (C=O) groups excluding carboxylic acids is 1. The minimum Gasteiger partial charge on any atom is -0.454 e. The molecule has 6 nitrogen and oxygen atoms in total. The minimum absolute atomic E-state index is 0.102. The van der Waals surface area contributed by atoms with E-state index in [4.69, 9.17) is 9.47 Å². The lowest BCUT2D eigenvalue weighted by atomic mass is 10.1. The fourth-order valence-corrected chi connectivity index (χ4v) is 3.72. The van der Waals surface area contributed by atoms with Gasteiger partial charge in [0.05, 0.1) is 5.56 Å². The zero-order chi connectivity index (χ0) is 19.2. The Labute approximate surface area is 166 Å². The van der Waals surface area contributed by atoms with Crippen molar-refractivity contribution < 1.29 is 14.3 Å². The van der Waals surface area contributed by atoms with Crippen molar-refractivity contribution in [2.45, 2.75) is 13.0 Å². The van der Waals surface area contributed by atoms with Crippen LogP contribution in [-0.4, -0.2) is 61.8 Å². The van der Waals surface area contributed by atoms with Crippen molar-refractivity contribution in [2.24, 2.45) is 0 Å². The third-order valence-corrected chi connectivity index (χ3v) is 5.29. The molecule has 28 heavy (non-hydrogen) atoms. The molecule has 0 aliphatic carbocycles. The maximum atomic E-state index is 12.4. The normalized spacial score (nSPS) is 16.9. The van der Waals surface area contributed by atoms with Gasteiger partial charge in [-0.05, 0) is 30.7 Å². The summed E-state index contributed by atoms with van der Waals surface area (Å²) in [4.78, 5) is 17.4. The van der Waals surface area contributed by atoms with Crippen molar-refractivity contribution >= 4 is 5.91 Å². The maximum Gasteiger partial charge on any atom is 0.255 e. The van der Waals surface area contributed by atoms with Gasteiger partial charge in [-0.15, -0.1) is 0 Å². The number of carbonyl (C=O) groups is 1. The summed E-state index contributed by atoms with van der Waals surface area (Å²) in [6.45, 7) is 7.22. The molecule has 0 saturated carbocycles. The van der Waals surface area contributed by atoms with Gasteiger partial charge >= 0.3 is 0 Å². The molecule has 1 fully saturated rings. The quantitative estimate of drug-likeness (QED) is 0.746. The number of fused-ring (bicyclic) bond motifs is 1. The molecule has 0 spiro atoms. The van der Waals surface area contributed by atoms with E-state index in [2.05, 4.69) is 45.4 Å². The Morgan fingerprint density at radius 1 is 0.929 bits per heavy atom. The summed E-state index contributed by atoms with van der Waals surface area (Å²) in [7, 11) is 0. The monoisotopic (exact) mass is 381 g/mol. The number of piperazine rings is 1. The average molecular weight is 381 g/mol. The minimum atomic E-state index is -0.102. The standard InChI is InChI=1S/C22H27N3O3/c26-22(19-8-4-9-20-21(19)28-17-27-20)23-10-5-11-24-12-14-25(15-13-24)16-18-6-2-1-3-7-18/h1-4,6-9H,5,10-17H2,(H,23,26). The lowest BCUT2D eigenvalue weighted by molar-refractivity contribution is 0.0942. The molecule has 0 radical (unpaired) electrons. The third-order valence-electron chi connectivity index (χ3n) is 5.29. The van der Waals surface area contributed by atoms with E-state index in [9.17, 15) is 4.79 Å². The number of ether oxygens (including phenoxy) is 2. The molecule has 2 heterocycles. The predicted octanol–water partition coefficient (Wildman–Crippen LogP) is 2.35. The smallest absolute Gasteiger partial charge is 0.255 e. The highest BCUT2D eigenvalue weighted by Gasteiger charge is 2.21. The number of hydrogen-bond donors (Lipinski definition) is 1. The Hall–Kier alpha value is -2.57. The van der Waals surface area contributed by atoms with E-state index < -0.39 is 0 Å². The molecule has 4 rings (SSSR count). The molecule has 2 aromatic carbocycles. The molecule has 6 heteroatoms. The summed E-state index contributed by atoms with van der Waals surface area (Å²) in [5, 5.41) is 3.00. The number of benzene rings is 2. The van der Waals surface area contributed by atoms with Gasteiger partial charge in [-0.1, -0.05) is 36.4 Å². The molecule has 2 aliphatic rings. The van der Waals surface area contributed by atoms with Crippen LogP contribution in [0.15, 0.2) is 48.5 Å². The van der Waals surface area contributed by atoms with E-state index in [1.54, 1.807) is 6.07 Å². The van der Waals surface area contributed by atoms with Crippen LogP contribution in [0.25, 0.3) is 0 Å². The van der Waals surface area contributed by atoms with Gasteiger partial charge in [0.15, 0.2) is 11.5 Å². The van der Waals surface area contributed by atoms with Gasteiger partial charge in [0.2, 0.25) is 6.79 Å². The van der Waals surface area contributed by atoms with Crippen molar-refractivity contribution in [1.29, 1.82) is 0 Å². The first-order chi connectivity index (χ1) is 13.8. The molecule has 1 amide bonds. The van der Waals surface area contributed by atoms with Crippen molar-refractivity contribution in [1.82, 2.24) is 15.1 Å². The number of nitrogens with zero attached hydrogens (tertiary/aromatic N) is 2. The van der Waals surface area contributed by atoms with Gasteiger partial charge in [-0.3, -0.25) is 9.69 Å². The molecule has 0 bridgehead atoms. The number of nitrogens with one attached hydrogen (secondary N) is 1. The average Bonchev–Trinajstić information content (AvgIpc) is 3.22. The molecule has 2 aliphatic heterocycles. The predicted molar refractivity (Wildman–Crippen MR) is 108 cm³/mol. The van der Waals surface area contributed by atoms with Crippen LogP contribution in [0.1, 0.15) is 22.3 Å². The van der Waals surface area contributed by atoms with Crippen LogP contribution in [0, 0.1) is 0 Å². The van der Waals surface area contributed by atoms with Crippen molar-refractivity contribution in [3.05, 3.63) is 59.7 Å². The van der Waals surface area contributed by atoms with Crippen LogP contribution in [-0.2, 0) is 6.54 Å². The van der Waals surface area contributed by atoms with E-state index in [1.165, 1.54) is 5.56 Å². The Kier molecular flexibility index (Phi) is 6.09. The summed E-state index contributed by atoms with van der Waals surface area (Å²) in [5.41, 5.74) is 1.92. The lowest BCUT2D eigenvalue weighted by Gasteiger charge is -2.34. The molecule has 148 valence electrons. The Morgan fingerprint density at radius 3 is 2.54 bits per heavy atom. The van der Waals surface area contributed by atoms with Crippen molar-refractivity contribution in [2.75, 3.05) is 46.1 Å². The first-order valence-corrected chi connectivity index (χ1v) is 9.95. The van der Waals surface area contributed by atoms with Crippen LogP contribution in [0.2, 0.25) is 0 Å². The molecule has 0 unspecified atom stereocenters. The van der Waals surface area contributed by atoms with E-state index >= 15 is 0 Å². The molecule has 1 N–H and O–H groups in total. The summed E-state index contributed by atoms with van der Waals surface area (Å²) in [6, 6.07) is 16.0. The van der Waals surface area contributed by atoms with Gasteiger partial charge in [-0.25, -0.2) is 0 Å². The second kappa shape index (κ2) is 9.08.